The molecule has 0 saturated carbocycles. The van der Waals surface area contributed by atoms with Crippen LogP contribution in [0, 0.1) is 11.8 Å². The number of benzene rings is 1. The number of aliphatic carboxylic acids is 1. The van der Waals surface area contributed by atoms with E-state index >= 15 is 0 Å². The predicted octanol–water partition coefficient (Wildman–Crippen LogP) is 4.78. The number of amides is 3. The first-order chi connectivity index (χ1) is 21.9. The van der Waals surface area contributed by atoms with E-state index in [2.05, 4.69) is 34.4 Å². The van der Waals surface area contributed by atoms with Crippen molar-refractivity contribution in [1.82, 2.24) is 25.4 Å². The predicted molar refractivity (Wildman–Crippen MR) is 182 cm³/mol. The number of aryl methyl sites for hydroxylation is 1. The molecule has 5 atom stereocenters. The van der Waals surface area contributed by atoms with E-state index in [-0.39, 0.29) is 54.1 Å². The highest BCUT2D eigenvalue weighted by Gasteiger charge is 2.35. The van der Waals surface area contributed by atoms with Gasteiger partial charge in [0.15, 0.2) is 0 Å². The highest BCUT2D eigenvalue weighted by atomic mass is 32.1. The van der Waals surface area contributed by atoms with Crippen LogP contribution in [0.25, 0.3) is 0 Å². The van der Waals surface area contributed by atoms with Crippen LogP contribution in [0.4, 0.5) is 0 Å². The molecule has 1 saturated heterocycles. The summed E-state index contributed by atoms with van der Waals surface area (Å²) in [7, 11) is 3.80. The minimum absolute atomic E-state index is 0.0122. The van der Waals surface area contributed by atoms with E-state index in [9.17, 15) is 24.3 Å². The molecule has 3 rings (SSSR count). The highest BCUT2D eigenvalue weighted by molar-refractivity contribution is 7.09. The van der Waals surface area contributed by atoms with Crippen LogP contribution in [-0.4, -0.2) is 88.4 Å². The van der Waals surface area contributed by atoms with Gasteiger partial charge < -0.3 is 20.6 Å². The fourth-order valence-corrected chi connectivity index (χ4v) is 6.97. The molecule has 10 nitrogen and oxygen atoms in total. The molecule has 0 aliphatic carbocycles. The molecule has 1 fully saturated rings. The third-order valence-corrected chi connectivity index (χ3v) is 10.2. The number of thiazole rings is 1. The molecule has 1 aromatic carbocycles. The lowest BCUT2D eigenvalue weighted by Crippen LogP contribution is -2.57. The monoisotopic (exact) mass is 655 g/mol. The third kappa shape index (κ3) is 10.9. The summed E-state index contributed by atoms with van der Waals surface area (Å²) in [5.41, 5.74) is 1.33. The molecule has 46 heavy (non-hydrogen) atoms. The molecule has 0 spiro atoms. The SMILES string of the molecule is CC[C@H](C)[C@H](NC(=O)[C@@H]1CCCCN1C)C(=O)N(C)[C@H](CCc1nc(C(=O)N[C@H](CCC(=O)O)Cc2ccccc2)cs1)C(C)C. The van der Waals surface area contributed by atoms with E-state index < -0.39 is 12.0 Å². The second-order valence-corrected chi connectivity index (χ2v) is 14.0. The molecule has 254 valence electrons. The van der Waals surface area contributed by atoms with Gasteiger partial charge in [-0.15, -0.1) is 11.3 Å². The summed E-state index contributed by atoms with van der Waals surface area (Å²) in [6.45, 7) is 9.12. The zero-order valence-corrected chi connectivity index (χ0v) is 29.1. The van der Waals surface area contributed by atoms with Gasteiger partial charge in [0, 0.05) is 37.4 Å². The summed E-state index contributed by atoms with van der Waals surface area (Å²) >= 11 is 1.41. The standard InChI is InChI=1S/C35H53N5O5S/c1-7-24(4)32(38-34(44)29-15-11-12-20-39(29)5)35(45)40(6)28(23(2)3)17-18-30-37-27(22-46-30)33(43)36-26(16-19-31(41)42)21-25-13-9-8-10-14-25/h8-10,13-14,22-24,26,28-29,32H,7,11-12,15-21H2,1-6H3,(H,36,43)(H,38,44)(H,41,42)/t24-,26+,28+,29-,32-/m0/s1. The van der Waals surface area contributed by atoms with E-state index in [1.807, 2.05) is 58.3 Å². The van der Waals surface area contributed by atoms with E-state index in [0.29, 0.717) is 31.4 Å². The van der Waals surface area contributed by atoms with Crippen LogP contribution in [0.5, 0.6) is 0 Å². The van der Waals surface area contributed by atoms with Crippen molar-refractivity contribution in [3.8, 4) is 0 Å². The second kappa shape index (κ2) is 18.1. The molecule has 2 heterocycles. The molecule has 1 aromatic heterocycles. The van der Waals surface area contributed by atoms with Crippen LogP contribution in [0.2, 0.25) is 0 Å². The Morgan fingerprint density at radius 1 is 1.09 bits per heavy atom. The van der Waals surface area contributed by atoms with E-state index in [0.717, 1.165) is 42.8 Å². The molecule has 11 heteroatoms. The number of piperidine rings is 1. The van der Waals surface area contributed by atoms with Gasteiger partial charge in [-0.1, -0.05) is 70.9 Å². The zero-order chi connectivity index (χ0) is 33.8. The number of nitrogens with one attached hydrogen (secondary N) is 2. The Hall–Kier alpha value is -3.31. The number of nitrogens with zero attached hydrogens (tertiary/aromatic N) is 3. The molecule has 0 unspecified atom stereocenters. The molecule has 3 N–H and O–H groups in total. The average Bonchev–Trinajstić information content (AvgIpc) is 3.51. The quantitative estimate of drug-likeness (QED) is 0.224. The number of carbonyl (C=O) groups is 4. The Bertz CT molecular complexity index is 1290. The topological polar surface area (TPSA) is 132 Å². The maximum Gasteiger partial charge on any atom is 0.303 e. The zero-order valence-electron chi connectivity index (χ0n) is 28.3. The minimum atomic E-state index is -0.902. The number of likely N-dealkylation sites (N-methyl/N-ethyl adjacent to an activating group) is 2. The summed E-state index contributed by atoms with van der Waals surface area (Å²) in [5, 5.41) is 17.8. The lowest BCUT2D eigenvalue weighted by molar-refractivity contribution is -0.141. The van der Waals surface area contributed by atoms with Crippen molar-refractivity contribution in [3.63, 3.8) is 0 Å². The highest BCUT2D eigenvalue weighted by Crippen LogP contribution is 2.22. The number of carboxylic acids is 1. The Balaban J connectivity index is 1.64. The number of hydrogen-bond acceptors (Lipinski definition) is 7. The van der Waals surface area contributed by atoms with Gasteiger partial charge in [-0.3, -0.25) is 24.1 Å². The number of likely N-dealkylation sites (tertiary alicyclic amines) is 1. The minimum Gasteiger partial charge on any atom is -0.481 e. The Morgan fingerprint density at radius 2 is 1.80 bits per heavy atom. The number of rotatable bonds is 17. The van der Waals surface area contributed by atoms with Crippen LogP contribution >= 0.6 is 11.3 Å². The molecule has 0 radical (unpaired) electrons. The van der Waals surface area contributed by atoms with Crippen LogP contribution in [0.15, 0.2) is 35.7 Å². The van der Waals surface area contributed by atoms with Gasteiger partial charge in [0.1, 0.15) is 11.7 Å². The molecule has 0 bridgehead atoms. The number of carboxylic acid groups (broad SMARTS) is 1. The lowest BCUT2D eigenvalue weighted by Gasteiger charge is -2.37. The van der Waals surface area contributed by atoms with Crippen molar-refractivity contribution < 1.29 is 24.3 Å². The number of carbonyl (C=O) groups excluding carboxylic acids is 3. The largest absolute Gasteiger partial charge is 0.481 e. The first-order valence-electron chi connectivity index (χ1n) is 16.7. The van der Waals surface area contributed by atoms with Gasteiger partial charge in [-0.2, -0.15) is 0 Å². The van der Waals surface area contributed by atoms with Crippen molar-refractivity contribution >= 4 is 35.0 Å². The average molecular weight is 656 g/mol. The fraction of sp³-hybridized carbons (Fsp3) is 0.629. The van der Waals surface area contributed by atoms with Crippen molar-refractivity contribution in [2.45, 2.75) is 110 Å². The number of hydrogen-bond donors (Lipinski definition) is 3. The molecule has 1 aliphatic rings. The van der Waals surface area contributed by atoms with E-state index in [4.69, 9.17) is 0 Å². The molecular formula is C35H53N5O5S. The maximum absolute atomic E-state index is 13.9. The molecule has 3 amide bonds. The van der Waals surface area contributed by atoms with E-state index in [1.54, 1.807) is 10.3 Å². The van der Waals surface area contributed by atoms with E-state index in [1.165, 1.54) is 11.3 Å². The maximum atomic E-state index is 13.9. The van der Waals surface area contributed by atoms with Crippen molar-refractivity contribution in [1.29, 1.82) is 0 Å². The smallest absolute Gasteiger partial charge is 0.303 e. The summed E-state index contributed by atoms with van der Waals surface area (Å²) in [5.74, 6) is -1.22. The van der Waals surface area contributed by atoms with Crippen molar-refractivity contribution in [2.24, 2.45) is 11.8 Å². The van der Waals surface area contributed by atoms with Gasteiger partial charge in [0.05, 0.1) is 11.0 Å². The molecule has 2 aromatic rings. The lowest BCUT2D eigenvalue weighted by atomic mass is 9.93. The molecule has 1 aliphatic heterocycles. The normalized spacial score (nSPS) is 17.9. The van der Waals surface area contributed by atoms with Gasteiger partial charge in [-0.05, 0) is 63.1 Å². The Kier molecular flexibility index (Phi) is 14.6. The first kappa shape index (κ1) is 37.2. The summed E-state index contributed by atoms with van der Waals surface area (Å²) < 4.78 is 0. The summed E-state index contributed by atoms with van der Waals surface area (Å²) in [4.78, 5) is 60.0. The number of aromatic nitrogens is 1. The van der Waals surface area contributed by atoms with Gasteiger partial charge in [0.25, 0.3) is 5.91 Å². The van der Waals surface area contributed by atoms with Gasteiger partial charge in [-0.25, -0.2) is 4.98 Å². The van der Waals surface area contributed by atoms with Crippen molar-refractivity contribution in [3.05, 3.63) is 52.0 Å². The third-order valence-electron chi connectivity index (χ3n) is 9.27. The van der Waals surface area contributed by atoms with Crippen LogP contribution in [-0.2, 0) is 27.2 Å². The first-order valence-corrected chi connectivity index (χ1v) is 17.6. The van der Waals surface area contributed by atoms with Crippen LogP contribution < -0.4 is 10.6 Å². The fourth-order valence-electron chi connectivity index (χ4n) is 6.18. The van der Waals surface area contributed by atoms with Crippen LogP contribution in [0.3, 0.4) is 0 Å². The van der Waals surface area contributed by atoms with Crippen molar-refractivity contribution in [2.75, 3.05) is 20.6 Å². The Labute approximate surface area is 278 Å². The van der Waals surface area contributed by atoms with Gasteiger partial charge >= 0.3 is 5.97 Å². The molecular weight excluding hydrogens is 602 g/mol. The second-order valence-electron chi connectivity index (χ2n) is 13.1. The summed E-state index contributed by atoms with van der Waals surface area (Å²) in [6, 6.07) is 8.46. The van der Waals surface area contributed by atoms with Crippen LogP contribution in [0.1, 0.15) is 93.7 Å². The summed E-state index contributed by atoms with van der Waals surface area (Å²) in [6.07, 6.45) is 5.73. The Morgan fingerprint density at radius 3 is 2.43 bits per heavy atom. The van der Waals surface area contributed by atoms with Gasteiger partial charge in [0.2, 0.25) is 11.8 Å².